The van der Waals surface area contributed by atoms with Crippen LogP contribution in [0.3, 0.4) is 0 Å². The van der Waals surface area contributed by atoms with Crippen LogP contribution in [-0.2, 0) is 14.3 Å². The number of nitrogens with zero attached hydrogens (tertiary/aromatic N) is 1. The molecular weight excluding hydrogens is 232 g/mol. The van der Waals surface area contributed by atoms with E-state index in [2.05, 4.69) is 5.32 Å². The van der Waals surface area contributed by atoms with E-state index in [1.807, 2.05) is 4.90 Å². The van der Waals surface area contributed by atoms with Crippen molar-refractivity contribution in [3.05, 3.63) is 0 Å². The second-order valence-corrected chi connectivity index (χ2v) is 5.63. The molecule has 1 atom stereocenters. The fourth-order valence-corrected chi connectivity index (χ4v) is 3.17. The number of morpholine rings is 1. The maximum Gasteiger partial charge on any atom is 0.248 e. The molecule has 0 saturated carbocycles. The van der Waals surface area contributed by atoms with Crippen LogP contribution in [0.1, 0.15) is 25.7 Å². The summed E-state index contributed by atoms with van der Waals surface area (Å²) in [7, 11) is 0. The minimum Gasteiger partial charge on any atom is -0.376 e. The van der Waals surface area contributed by atoms with E-state index < -0.39 is 0 Å². The molecule has 3 aliphatic rings. The highest BCUT2D eigenvalue weighted by molar-refractivity contribution is 5.78. The SMILES string of the molecule is O=C1COC2(CCNCC2)CN1CC1CCCO1. The normalized spacial score (nSPS) is 32.1. The maximum absolute atomic E-state index is 11.9. The summed E-state index contributed by atoms with van der Waals surface area (Å²) in [4.78, 5) is 13.9. The van der Waals surface area contributed by atoms with Crippen LogP contribution in [0.2, 0.25) is 0 Å². The van der Waals surface area contributed by atoms with Crippen LogP contribution in [0.5, 0.6) is 0 Å². The van der Waals surface area contributed by atoms with E-state index in [0.29, 0.717) is 0 Å². The van der Waals surface area contributed by atoms with Gasteiger partial charge in [-0.2, -0.15) is 0 Å². The lowest BCUT2D eigenvalue weighted by molar-refractivity contribution is -0.170. The average Bonchev–Trinajstić information content (AvgIpc) is 2.88. The lowest BCUT2D eigenvalue weighted by Gasteiger charge is -2.45. The molecule has 3 heterocycles. The molecule has 1 unspecified atom stereocenters. The van der Waals surface area contributed by atoms with Crippen LogP contribution in [-0.4, -0.2) is 61.9 Å². The van der Waals surface area contributed by atoms with Gasteiger partial charge in [0, 0.05) is 19.7 Å². The van der Waals surface area contributed by atoms with Crippen LogP contribution < -0.4 is 5.32 Å². The minimum absolute atomic E-state index is 0.0994. The first-order valence-corrected chi connectivity index (χ1v) is 7.02. The van der Waals surface area contributed by atoms with Gasteiger partial charge in [-0.05, 0) is 38.8 Å². The number of nitrogens with one attached hydrogen (secondary N) is 1. The Kier molecular flexibility index (Phi) is 3.54. The molecule has 0 radical (unpaired) electrons. The third-order valence-corrected chi connectivity index (χ3v) is 4.30. The van der Waals surface area contributed by atoms with Gasteiger partial charge in [-0.1, -0.05) is 0 Å². The fraction of sp³-hybridized carbons (Fsp3) is 0.923. The van der Waals surface area contributed by atoms with Crippen molar-refractivity contribution in [1.82, 2.24) is 10.2 Å². The van der Waals surface area contributed by atoms with Crippen molar-refractivity contribution in [2.24, 2.45) is 0 Å². The summed E-state index contributed by atoms with van der Waals surface area (Å²) in [6.07, 6.45) is 4.45. The molecule has 1 amide bonds. The molecule has 3 rings (SSSR count). The van der Waals surface area contributed by atoms with Gasteiger partial charge in [-0.15, -0.1) is 0 Å². The van der Waals surface area contributed by atoms with Crippen LogP contribution in [0, 0.1) is 0 Å². The first-order valence-electron chi connectivity index (χ1n) is 7.02. The predicted octanol–water partition coefficient (Wildman–Crippen LogP) is 0.146. The highest BCUT2D eigenvalue weighted by atomic mass is 16.5. The Labute approximate surface area is 108 Å². The van der Waals surface area contributed by atoms with Crippen LogP contribution in [0.25, 0.3) is 0 Å². The van der Waals surface area contributed by atoms with E-state index in [4.69, 9.17) is 9.47 Å². The fourth-order valence-electron chi connectivity index (χ4n) is 3.17. The van der Waals surface area contributed by atoms with E-state index in [-0.39, 0.29) is 24.2 Å². The summed E-state index contributed by atoms with van der Waals surface area (Å²) in [6, 6.07) is 0. The average molecular weight is 254 g/mol. The Bertz CT molecular complexity index is 309. The van der Waals surface area contributed by atoms with Crippen molar-refractivity contribution >= 4 is 5.91 Å². The number of carbonyl (C=O) groups is 1. The van der Waals surface area contributed by atoms with Crippen LogP contribution in [0.4, 0.5) is 0 Å². The molecule has 0 bridgehead atoms. The first-order chi connectivity index (χ1) is 8.77. The predicted molar refractivity (Wildman–Crippen MR) is 66.3 cm³/mol. The van der Waals surface area contributed by atoms with Crippen LogP contribution in [0.15, 0.2) is 0 Å². The lowest BCUT2D eigenvalue weighted by Crippen LogP contribution is -2.59. The number of piperidine rings is 1. The smallest absolute Gasteiger partial charge is 0.248 e. The second kappa shape index (κ2) is 5.15. The maximum atomic E-state index is 11.9. The van der Waals surface area contributed by atoms with Crippen molar-refractivity contribution in [2.45, 2.75) is 37.4 Å². The number of rotatable bonds is 2. The molecule has 18 heavy (non-hydrogen) atoms. The third kappa shape index (κ3) is 2.53. The molecule has 102 valence electrons. The zero-order valence-electron chi connectivity index (χ0n) is 10.8. The minimum atomic E-state index is -0.0994. The van der Waals surface area contributed by atoms with Crippen molar-refractivity contribution in [2.75, 3.05) is 39.4 Å². The van der Waals surface area contributed by atoms with E-state index >= 15 is 0 Å². The molecule has 1 N–H and O–H groups in total. The number of carbonyl (C=O) groups excluding carboxylic acids is 1. The Morgan fingerprint density at radius 1 is 1.39 bits per heavy atom. The van der Waals surface area contributed by atoms with Crippen molar-refractivity contribution in [3.8, 4) is 0 Å². The zero-order chi connectivity index (χ0) is 12.4. The van der Waals surface area contributed by atoms with E-state index in [1.165, 1.54) is 0 Å². The summed E-state index contributed by atoms with van der Waals surface area (Å²) >= 11 is 0. The highest BCUT2D eigenvalue weighted by Gasteiger charge is 2.41. The van der Waals surface area contributed by atoms with Crippen molar-refractivity contribution in [1.29, 1.82) is 0 Å². The van der Waals surface area contributed by atoms with Gasteiger partial charge in [0.2, 0.25) is 5.91 Å². The molecule has 3 aliphatic heterocycles. The van der Waals surface area contributed by atoms with Gasteiger partial charge in [-0.25, -0.2) is 0 Å². The Morgan fingerprint density at radius 3 is 2.94 bits per heavy atom. The molecule has 0 aromatic rings. The van der Waals surface area contributed by atoms with Gasteiger partial charge in [-0.3, -0.25) is 4.79 Å². The third-order valence-electron chi connectivity index (χ3n) is 4.30. The molecule has 3 saturated heterocycles. The molecule has 5 heteroatoms. The van der Waals surface area contributed by atoms with Gasteiger partial charge in [0.15, 0.2) is 0 Å². The van der Waals surface area contributed by atoms with Gasteiger partial charge < -0.3 is 19.7 Å². The quantitative estimate of drug-likeness (QED) is 0.762. The molecule has 0 aliphatic carbocycles. The first kappa shape index (κ1) is 12.4. The summed E-state index contributed by atoms with van der Waals surface area (Å²) < 4.78 is 11.5. The number of hydrogen-bond acceptors (Lipinski definition) is 4. The summed E-state index contributed by atoms with van der Waals surface area (Å²) in [5.74, 6) is 0.120. The Balaban J connectivity index is 1.62. The van der Waals surface area contributed by atoms with Gasteiger partial charge >= 0.3 is 0 Å². The van der Waals surface area contributed by atoms with E-state index in [1.54, 1.807) is 0 Å². The molecule has 1 spiro atoms. The summed E-state index contributed by atoms with van der Waals surface area (Å²) in [5, 5.41) is 3.35. The topological polar surface area (TPSA) is 50.8 Å². The van der Waals surface area contributed by atoms with Crippen LogP contribution >= 0.6 is 0 Å². The number of ether oxygens (including phenoxy) is 2. The molecule has 0 aromatic heterocycles. The molecular formula is C13H22N2O3. The van der Waals surface area contributed by atoms with Gasteiger partial charge in [0.05, 0.1) is 11.7 Å². The lowest BCUT2D eigenvalue weighted by atomic mass is 9.90. The summed E-state index contributed by atoms with van der Waals surface area (Å²) in [5.41, 5.74) is -0.0994. The summed E-state index contributed by atoms with van der Waals surface area (Å²) in [6.45, 7) is 4.56. The Morgan fingerprint density at radius 2 is 2.22 bits per heavy atom. The standard InChI is InChI=1S/C13H22N2O3/c16-12-9-18-13(3-5-14-6-4-13)10-15(12)8-11-2-1-7-17-11/h11,14H,1-10H2. The number of hydrogen-bond donors (Lipinski definition) is 1. The molecule has 5 nitrogen and oxygen atoms in total. The monoisotopic (exact) mass is 254 g/mol. The largest absolute Gasteiger partial charge is 0.376 e. The van der Waals surface area contributed by atoms with Crippen molar-refractivity contribution < 1.29 is 14.3 Å². The highest BCUT2D eigenvalue weighted by Crippen LogP contribution is 2.28. The molecule has 3 fully saturated rings. The van der Waals surface area contributed by atoms with E-state index in [9.17, 15) is 4.79 Å². The molecule has 0 aromatic carbocycles. The second-order valence-electron chi connectivity index (χ2n) is 5.63. The van der Waals surface area contributed by atoms with Crippen molar-refractivity contribution in [3.63, 3.8) is 0 Å². The number of amides is 1. The zero-order valence-corrected chi connectivity index (χ0v) is 10.8. The Hall–Kier alpha value is -0.650. The van der Waals surface area contributed by atoms with Gasteiger partial charge in [0.25, 0.3) is 0 Å². The van der Waals surface area contributed by atoms with Gasteiger partial charge in [0.1, 0.15) is 6.61 Å². The van der Waals surface area contributed by atoms with E-state index in [0.717, 1.165) is 58.5 Å².